The van der Waals surface area contributed by atoms with Crippen molar-refractivity contribution in [3.63, 3.8) is 0 Å². The molecule has 0 aliphatic carbocycles. The number of methoxy groups -OCH3 is 1. The second-order valence-electron chi connectivity index (χ2n) is 9.46. The topological polar surface area (TPSA) is 58.6 Å². The van der Waals surface area contributed by atoms with Crippen LogP contribution in [0.5, 0.6) is 5.75 Å². The Morgan fingerprint density at radius 1 is 1.00 bits per heavy atom. The predicted molar refractivity (Wildman–Crippen MR) is 131 cm³/mol. The molecule has 1 N–H and O–H groups in total. The number of nitrogens with zero attached hydrogens (tertiary/aromatic N) is 1. The van der Waals surface area contributed by atoms with E-state index in [1.165, 1.54) is 0 Å². The van der Waals surface area contributed by atoms with Gasteiger partial charge >= 0.3 is 0 Å². The SMILES string of the molecule is COc1cccc2c1N(C(=O)CC(=O)Nc1c(C(C)C)cccc1C(C)C)C(C)(C)C=C2. The molecule has 1 heterocycles. The standard InChI is InChI=1S/C27H34N2O3/c1-17(2)20-11-9-12-21(18(3)4)25(20)28-23(30)16-24(31)29-26-19(14-15-27(29,5)6)10-8-13-22(26)32-7/h8-15,17-18H,16H2,1-7H3,(H,28,30). The number of ether oxygens (including phenoxy) is 1. The molecule has 3 rings (SSSR count). The maximum atomic E-state index is 13.5. The molecule has 2 amide bonds. The van der Waals surface area contributed by atoms with E-state index in [1.54, 1.807) is 12.0 Å². The Morgan fingerprint density at radius 2 is 1.59 bits per heavy atom. The van der Waals surface area contributed by atoms with Crippen LogP contribution in [0.1, 0.15) is 76.5 Å². The van der Waals surface area contributed by atoms with Crippen molar-refractivity contribution in [2.24, 2.45) is 0 Å². The molecule has 32 heavy (non-hydrogen) atoms. The molecular weight excluding hydrogens is 400 g/mol. The van der Waals surface area contributed by atoms with Crippen LogP contribution in [0.4, 0.5) is 11.4 Å². The van der Waals surface area contributed by atoms with E-state index in [2.05, 4.69) is 33.0 Å². The Bertz CT molecular complexity index is 1020. The van der Waals surface area contributed by atoms with Gasteiger partial charge in [0.1, 0.15) is 12.2 Å². The molecule has 2 aromatic carbocycles. The van der Waals surface area contributed by atoms with Crippen molar-refractivity contribution < 1.29 is 14.3 Å². The monoisotopic (exact) mass is 434 g/mol. The molecule has 5 nitrogen and oxygen atoms in total. The van der Waals surface area contributed by atoms with Crippen molar-refractivity contribution in [2.75, 3.05) is 17.3 Å². The molecule has 0 spiro atoms. The molecule has 1 aliphatic heterocycles. The lowest BCUT2D eigenvalue weighted by molar-refractivity contribution is -0.125. The molecule has 170 valence electrons. The maximum Gasteiger partial charge on any atom is 0.237 e. The van der Waals surface area contributed by atoms with E-state index in [0.29, 0.717) is 11.4 Å². The van der Waals surface area contributed by atoms with Crippen molar-refractivity contribution in [3.8, 4) is 5.75 Å². The number of anilines is 2. The van der Waals surface area contributed by atoms with Gasteiger partial charge in [0.05, 0.1) is 18.3 Å². The van der Waals surface area contributed by atoms with E-state index in [1.807, 2.05) is 62.4 Å². The Kier molecular flexibility index (Phi) is 6.77. The van der Waals surface area contributed by atoms with Gasteiger partial charge in [0.2, 0.25) is 11.8 Å². The zero-order valence-corrected chi connectivity index (χ0v) is 20.2. The highest BCUT2D eigenvalue weighted by Gasteiger charge is 2.36. The number of carbonyl (C=O) groups excluding carboxylic acids is 2. The first kappa shape index (κ1) is 23.6. The summed E-state index contributed by atoms with van der Waals surface area (Å²) in [4.78, 5) is 28.2. The van der Waals surface area contributed by atoms with Gasteiger partial charge in [-0.15, -0.1) is 0 Å². The Morgan fingerprint density at radius 3 is 2.16 bits per heavy atom. The molecule has 0 fully saturated rings. The molecule has 0 saturated carbocycles. The van der Waals surface area contributed by atoms with Crippen LogP contribution in [0.2, 0.25) is 0 Å². The largest absolute Gasteiger partial charge is 0.495 e. The third kappa shape index (κ3) is 4.57. The zero-order valence-electron chi connectivity index (χ0n) is 20.2. The minimum Gasteiger partial charge on any atom is -0.495 e. The minimum absolute atomic E-state index is 0.251. The quantitative estimate of drug-likeness (QED) is 0.558. The van der Waals surface area contributed by atoms with Gasteiger partial charge in [0.25, 0.3) is 0 Å². The fraction of sp³-hybridized carbons (Fsp3) is 0.407. The van der Waals surface area contributed by atoms with Crippen LogP contribution in [0, 0.1) is 0 Å². The van der Waals surface area contributed by atoms with Crippen molar-refractivity contribution >= 4 is 29.3 Å². The average molecular weight is 435 g/mol. The Balaban J connectivity index is 1.91. The Hall–Kier alpha value is -3.08. The minimum atomic E-state index is -0.585. The second kappa shape index (κ2) is 9.19. The van der Waals surface area contributed by atoms with Gasteiger partial charge in [0.15, 0.2) is 0 Å². The summed E-state index contributed by atoms with van der Waals surface area (Å²) < 4.78 is 5.54. The van der Waals surface area contributed by atoms with Gasteiger partial charge in [-0.05, 0) is 42.9 Å². The van der Waals surface area contributed by atoms with Crippen LogP contribution in [0.3, 0.4) is 0 Å². The highest BCUT2D eigenvalue weighted by molar-refractivity contribution is 6.12. The molecular formula is C27H34N2O3. The molecule has 0 radical (unpaired) electrons. The van der Waals surface area contributed by atoms with Crippen LogP contribution in [-0.4, -0.2) is 24.5 Å². The number of rotatable bonds is 6. The number of benzene rings is 2. The van der Waals surface area contributed by atoms with Crippen molar-refractivity contribution in [3.05, 3.63) is 59.2 Å². The van der Waals surface area contributed by atoms with Gasteiger partial charge in [-0.25, -0.2) is 0 Å². The molecule has 0 unspecified atom stereocenters. The number of amides is 2. The molecule has 0 atom stereocenters. The molecule has 0 aromatic heterocycles. The fourth-order valence-electron chi connectivity index (χ4n) is 4.28. The fourth-order valence-corrected chi connectivity index (χ4v) is 4.28. The van der Waals surface area contributed by atoms with Crippen LogP contribution < -0.4 is 15.0 Å². The van der Waals surface area contributed by atoms with Gasteiger partial charge in [-0.3, -0.25) is 14.5 Å². The summed E-state index contributed by atoms with van der Waals surface area (Å²) in [6.07, 6.45) is 3.73. The summed E-state index contributed by atoms with van der Waals surface area (Å²) in [5.41, 5.74) is 3.98. The normalized spacial score (nSPS) is 14.5. The van der Waals surface area contributed by atoms with Gasteiger partial charge in [-0.1, -0.05) is 70.2 Å². The van der Waals surface area contributed by atoms with E-state index in [-0.39, 0.29) is 30.1 Å². The van der Waals surface area contributed by atoms with Gasteiger partial charge < -0.3 is 10.1 Å². The Labute approximate surface area is 191 Å². The third-order valence-corrected chi connectivity index (χ3v) is 5.92. The summed E-state index contributed by atoms with van der Waals surface area (Å²) in [6.45, 7) is 12.3. The molecule has 0 saturated heterocycles. The van der Waals surface area contributed by atoms with Crippen LogP contribution >= 0.6 is 0 Å². The lowest BCUT2D eigenvalue weighted by atomic mass is 9.92. The van der Waals surface area contributed by atoms with E-state index >= 15 is 0 Å². The lowest BCUT2D eigenvalue weighted by Gasteiger charge is -2.40. The summed E-state index contributed by atoms with van der Waals surface area (Å²) >= 11 is 0. The third-order valence-electron chi connectivity index (χ3n) is 5.92. The first-order valence-electron chi connectivity index (χ1n) is 11.2. The number of carbonyl (C=O) groups is 2. The second-order valence-corrected chi connectivity index (χ2v) is 9.46. The zero-order chi connectivity index (χ0) is 23.6. The van der Waals surface area contributed by atoms with Crippen molar-refractivity contribution in [2.45, 2.75) is 65.3 Å². The van der Waals surface area contributed by atoms with E-state index in [0.717, 1.165) is 22.4 Å². The molecule has 2 aromatic rings. The first-order valence-corrected chi connectivity index (χ1v) is 11.2. The molecule has 5 heteroatoms. The number of fused-ring (bicyclic) bond motifs is 1. The van der Waals surface area contributed by atoms with E-state index < -0.39 is 5.54 Å². The van der Waals surface area contributed by atoms with Crippen molar-refractivity contribution in [1.82, 2.24) is 0 Å². The molecule has 0 bridgehead atoms. The number of hydrogen-bond donors (Lipinski definition) is 1. The molecule has 1 aliphatic rings. The van der Waals surface area contributed by atoms with E-state index in [9.17, 15) is 9.59 Å². The summed E-state index contributed by atoms with van der Waals surface area (Å²) in [5, 5.41) is 3.06. The van der Waals surface area contributed by atoms with Crippen LogP contribution in [0.15, 0.2) is 42.5 Å². The number of hydrogen-bond acceptors (Lipinski definition) is 3. The van der Waals surface area contributed by atoms with Gasteiger partial charge in [0, 0.05) is 11.3 Å². The maximum absolute atomic E-state index is 13.5. The summed E-state index contributed by atoms with van der Waals surface area (Å²) in [7, 11) is 1.59. The number of para-hydroxylation sites is 2. The first-order chi connectivity index (χ1) is 15.1. The lowest BCUT2D eigenvalue weighted by Crippen LogP contribution is -2.49. The van der Waals surface area contributed by atoms with E-state index in [4.69, 9.17) is 4.74 Å². The summed E-state index contributed by atoms with van der Waals surface area (Å²) in [5.74, 6) is 0.535. The van der Waals surface area contributed by atoms with Gasteiger partial charge in [-0.2, -0.15) is 0 Å². The van der Waals surface area contributed by atoms with Crippen molar-refractivity contribution in [1.29, 1.82) is 0 Å². The van der Waals surface area contributed by atoms with Crippen LogP contribution in [-0.2, 0) is 9.59 Å². The highest BCUT2D eigenvalue weighted by Crippen LogP contribution is 2.41. The predicted octanol–water partition coefficient (Wildman–Crippen LogP) is 6.11. The smallest absolute Gasteiger partial charge is 0.237 e. The highest BCUT2D eigenvalue weighted by atomic mass is 16.5. The summed E-state index contributed by atoms with van der Waals surface area (Å²) in [6, 6.07) is 11.8. The number of nitrogens with one attached hydrogen (secondary N) is 1. The average Bonchev–Trinajstić information content (AvgIpc) is 2.72. The van der Waals surface area contributed by atoms with Crippen LogP contribution in [0.25, 0.3) is 6.08 Å².